The van der Waals surface area contributed by atoms with E-state index in [2.05, 4.69) is 25.5 Å². The SMILES string of the molecule is Cc1cc(-c2nccnc2[C@H]2CCCNC2)n[nH]1. The molecule has 0 aromatic carbocycles. The van der Waals surface area contributed by atoms with E-state index in [1.54, 1.807) is 12.4 Å². The van der Waals surface area contributed by atoms with Crippen molar-refractivity contribution in [1.29, 1.82) is 0 Å². The van der Waals surface area contributed by atoms with Crippen molar-refractivity contribution >= 4 is 0 Å². The standard InChI is InChI=1S/C13H17N5/c1-9-7-11(18-17-9)13-12(15-5-6-16-13)10-3-2-4-14-8-10/h5-7,10,14H,2-4,8H2,1H3,(H,17,18)/t10-/m0/s1. The zero-order chi connectivity index (χ0) is 12.4. The Morgan fingerprint density at radius 2 is 2.17 bits per heavy atom. The Kier molecular flexibility index (Phi) is 3.06. The molecule has 0 unspecified atom stereocenters. The van der Waals surface area contributed by atoms with E-state index in [4.69, 9.17) is 0 Å². The van der Waals surface area contributed by atoms with E-state index in [0.29, 0.717) is 5.92 Å². The summed E-state index contributed by atoms with van der Waals surface area (Å²) in [6, 6.07) is 2.02. The molecule has 18 heavy (non-hydrogen) atoms. The number of aryl methyl sites for hydroxylation is 1. The Labute approximate surface area is 106 Å². The summed E-state index contributed by atoms with van der Waals surface area (Å²) in [5.74, 6) is 0.444. The lowest BCUT2D eigenvalue weighted by atomic mass is 9.94. The van der Waals surface area contributed by atoms with Gasteiger partial charge >= 0.3 is 0 Å². The fourth-order valence-electron chi connectivity index (χ4n) is 2.47. The van der Waals surface area contributed by atoms with Crippen LogP contribution in [0, 0.1) is 6.92 Å². The molecule has 0 bridgehead atoms. The van der Waals surface area contributed by atoms with Gasteiger partial charge in [-0.25, -0.2) is 0 Å². The van der Waals surface area contributed by atoms with Gasteiger partial charge in [-0.2, -0.15) is 5.10 Å². The lowest BCUT2D eigenvalue weighted by molar-refractivity contribution is 0.454. The van der Waals surface area contributed by atoms with E-state index in [1.165, 1.54) is 12.8 Å². The summed E-state index contributed by atoms with van der Waals surface area (Å²) in [4.78, 5) is 9.00. The van der Waals surface area contributed by atoms with Crippen molar-refractivity contribution in [3.63, 3.8) is 0 Å². The second-order valence-electron chi connectivity index (χ2n) is 4.77. The van der Waals surface area contributed by atoms with Crippen molar-refractivity contribution in [3.05, 3.63) is 29.8 Å². The fourth-order valence-corrected chi connectivity index (χ4v) is 2.47. The van der Waals surface area contributed by atoms with Gasteiger partial charge in [0.15, 0.2) is 0 Å². The predicted molar refractivity (Wildman–Crippen MR) is 69.2 cm³/mol. The molecule has 3 rings (SSSR count). The average molecular weight is 243 g/mol. The zero-order valence-corrected chi connectivity index (χ0v) is 10.5. The van der Waals surface area contributed by atoms with E-state index in [-0.39, 0.29) is 0 Å². The minimum atomic E-state index is 0.444. The molecule has 2 aromatic rings. The predicted octanol–water partition coefficient (Wildman–Crippen LogP) is 1.64. The van der Waals surface area contributed by atoms with Gasteiger partial charge in [-0.05, 0) is 32.4 Å². The summed E-state index contributed by atoms with van der Waals surface area (Å²) < 4.78 is 0. The molecule has 0 amide bonds. The van der Waals surface area contributed by atoms with Crippen LogP contribution in [0.15, 0.2) is 18.5 Å². The third-order valence-electron chi connectivity index (χ3n) is 3.36. The summed E-state index contributed by atoms with van der Waals surface area (Å²) >= 11 is 0. The van der Waals surface area contributed by atoms with Gasteiger partial charge in [-0.3, -0.25) is 15.1 Å². The third-order valence-corrected chi connectivity index (χ3v) is 3.36. The lowest BCUT2D eigenvalue weighted by Gasteiger charge is -2.23. The van der Waals surface area contributed by atoms with Crippen LogP contribution in [0.4, 0.5) is 0 Å². The third kappa shape index (κ3) is 2.13. The maximum atomic E-state index is 4.53. The van der Waals surface area contributed by atoms with Crippen LogP contribution in [0.3, 0.4) is 0 Å². The second-order valence-corrected chi connectivity index (χ2v) is 4.77. The highest BCUT2D eigenvalue weighted by Crippen LogP contribution is 2.28. The van der Waals surface area contributed by atoms with Crippen molar-refractivity contribution < 1.29 is 0 Å². The van der Waals surface area contributed by atoms with Gasteiger partial charge in [0.25, 0.3) is 0 Å². The lowest BCUT2D eigenvalue weighted by Crippen LogP contribution is -2.29. The van der Waals surface area contributed by atoms with Crippen molar-refractivity contribution in [2.45, 2.75) is 25.7 Å². The van der Waals surface area contributed by atoms with Gasteiger partial charge in [0, 0.05) is 30.6 Å². The molecule has 2 N–H and O–H groups in total. The Morgan fingerprint density at radius 3 is 2.89 bits per heavy atom. The van der Waals surface area contributed by atoms with Crippen LogP contribution in [-0.2, 0) is 0 Å². The summed E-state index contributed by atoms with van der Waals surface area (Å²) in [6.45, 7) is 4.08. The minimum Gasteiger partial charge on any atom is -0.316 e. The molecule has 1 fully saturated rings. The van der Waals surface area contributed by atoms with Crippen LogP contribution in [0.5, 0.6) is 0 Å². The average Bonchev–Trinajstić information content (AvgIpc) is 2.86. The van der Waals surface area contributed by atoms with Crippen molar-refractivity contribution in [2.24, 2.45) is 0 Å². The molecule has 0 aliphatic carbocycles. The zero-order valence-electron chi connectivity index (χ0n) is 10.5. The van der Waals surface area contributed by atoms with Crippen molar-refractivity contribution in [3.8, 4) is 11.4 Å². The number of rotatable bonds is 2. The van der Waals surface area contributed by atoms with Crippen LogP contribution in [0.25, 0.3) is 11.4 Å². The molecule has 0 spiro atoms. The maximum absolute atomic E-state index is 4.53. The Bertz CT molecular complexity index is 528. The molecule has 5 heteroatoms. The fraction of sp³-hybridized carbons (Fsp3) is 0.462. The topological polar surface area (TPSA) is 66.5 Å². The molecule has 1 aliphatic rings. The first kappa shape index (κ1) is 11.3. The van der Waals surface area contributed by atoms with E-state index in [9.17, 15) is 0 Å². The molecule has 2 aromatic heterocycles. The summed E-state index contributed by atoms with van der Waals surface area (Å²) in [5, 5.41) is 10.7. The van der Waals surface area contributed by atoms with Gasteiger partial charge in [-0.1, -0.05) is 0 Å². The van der Waals surface area contributed by atoms with Crippen molar-refractivity contribution in [2.75, 3.05) is 13.1 Å². The number of aromatic nitrogens is 4. The number of aromatic amines is 1. The van der Waals surface area contributed by atoms with E-state index < -0.39 is 0 Å². The van der Waals surface area contributed by atoms with Gasteiger partial charge in [0.2, 0.25) is 0 Å². The number of nitrogens with zero attached hydrogens (tertiary/aromatic N) is 3. The van der Waals surface area contributed by atoms with Gasteiger partial charge < -0.3 is 5.32 Å². The molecular weight excluding hydrogens is 226 g/mol. The first-order chi connectivity index (χ1) is 8.84. The van der Waals surface area contributed by atoms with Crippen LogP contribution < -0.4 is 5.32 Å². The number of H-pyrrole nitrogens is 1. The highest BCUT2D eigenvalue weighted by Gasteiger charge is 2.21. The molecule has 1 saturated heterocycles. The van der Waals surface area contributed by atoms with Gasteiger partial charge in [0.1, 0.15) is 11.4 Å². The minimum absolute atomic E-state index is 0.444. The van der Waals surface area contributed by atoms with E-state index in [1.807, 2.05) is 13.0 Å². The number of piperidine rings is 1. The largest absolute Gasteiger partial charge is 0.316 e. The first-order valence-corrected chi connectivity index (χ1v) is 6.38. The normalized spacial score (nSPS) is 19.9. The van der Waals surface area contributed by atoms with Crippen LogP contribution in [-0.4, -0.2) is 33.3 Å². The highest BCUT2D eigenvalue weighted by atomic mass is 15.1. The molecule has 1 atom stereocenters. The summed E-state index contributed by atoms with van der Waals surface area (Å²) in [5.41, 5.74) is 3.91. The molecule has 0 radical (unpaired) electrons. The van der Waals surface area contributed by atoms with Crippen LogP contribution in [0.2, 0.25) is 0 Å². The molecule has 94 valence electrons. The Hall–Kier alpha value is -1.75. The van der Waals surface area contributed by atoms with E-state index >= 15 is 0 Å². The monoisotopic (exact) mass is 243 g/mol. The maximum Gasteiger partial charge on any atom is 0.113 e. The van der Waals surface area contributed by atoms with Gasteiger partial charge in [-0.15, -0.1) is 0 Å². The van der Waals surface area contributed by atoms with Crippen molar-refractivity contribution in [1.82, 2.24) is 25.5 Å². The number of nitrogens with one attached hydrogen (secondary N) is 2. The highest BCUT2D eigenvalue weighted by molar-refractivity contribution is 5.57. The molecule has 1 aliphatic heterocycles. The summed E-state index contributed by atoms with van der Waals surface area (Å²) in [7, 11) is 0. The van der Waals surface area contributed by atoms with Crippen LogP contribution in [0.1, 0.15) is 30.1 Å². The quantitative estimate of drug-likeness (QED) is 0.841. The first-order valence-electron chi connectivity index (χ1n) is 6.38. The van der Waals surface area contributed by atoms with Gasteiger partial charge in [0.05, 0.1) is 5.69 Å². The molecule has 0 saturated carbocycles. The van der Waals surface area contributed by atoms with E-state index in [0.717, 1.165) is 35.9 Å². The molecular formula is C13H17N5. The molecule has 5 nitrogen and oxygen atoms in total. The Morgan fingerprint density at radius 1 is 1.28 bits per heavy atom. The summed E-state index contributed by atoms with van der Waals surface area (Å²) in [6.07, 6.45) is 5.87. The van der Waals surface area contributed by atoms with Crippen LogP contribution >= 0.6 is 0 Å². The molecule has 3 heterocycles. The number of hydrogen-bond acceptors (Lipinski definition) is 4. The smallest absolute Gasteiger partial charge is 0.113 e. The second kappa shape index (κ2) is 4.86. The number of hydrogen-bond donors (Lipinski definition) is 2. The Balaban J connectivity index is 1.99.